The summed E-state index contributed by atoms with van der Waals surface area (Å²) in [5, 5.41) is 18.2. The van der Waals surface area contributed by atoms with Crippen molar-refractivity contribution < 1.29 is 14.6 Å². The molecule has 0 bridgehead atoms. The molecule has 0 aliphatic rings. The van der Waals surface area contributed by atoms with Crippen molar-refractivity contribution in [1.29, 1.82) is 5.26 Å². The van der Waals surface area contributed by atoms with Crippen molar-refractivity contribution >= 4 is 5.97 Å². The standard InChI is InChI=1S/C16H14N2O3/c1-9-6-12(4-5-13(9)16(19)20)21-15-7-10(2)18-11(3)14(15)8-17/h4-7H,1-3H3,(H,19,20). The lowest BCUT2D eigenvalue weighted by atomic mass is 10.1. The molecule has 0 atom stereocenters. The molecule has 21 heavy (non-hydrogen) atoms. The van der Waals surface area contributed by atoms with E-state index in [-0.39, 0.29) is 5.56 Å². The van der Waals surface area contributed by atoms with Gasteiger partial charge in [0, 0.05) is 11.8 Å². The topological polar surface area (TPSA) is 83.2 Å². The summed E-state index contributed by atoms with van der Waals surface area (Å²) in [5.74, 6) is -0.0728. The lowest BCUT2D eigenvalue weighted by molar-refractivity contribution is 0.0696. The predicted octanol–water partition coefficient (Wildman–Crippen LogP) is 3.37. The fraction of sp³-hybridized carbons (Fsp3) is 0.188. The number of carboxylic acid groups (broad SMARTS) is 1. The summed E-state index contributed by atoms with van der Waals surface area (Å²) in [5.41, 5.74) is 2.55. The lowest BCUT2D eigenvalue weighted by Crippen LogP contribution is -2.00. The minimum absolute atomic E-state index is 0.227. The van der Waals surface area contributed by atoms with Gasteiger partial charge in [0.2, 0.25) is 0 Å². The van der Waals surface area contributed by atoms with Gasteiger partial charge in [-0.1, -0.05) is 0 Å². The number of aryl methyl sites for hydroxylation is 3. The van der Waals surface area contributed by atoms with Crippen molar-refractivity contribution in [3.05, 3.63) is 52.3 Å². The number of ether oxygens (including phenoxy) is 1. The van der Waals surface area contributed by atoms with E-state index in [2.05, 4.69) is 11.1 Å². The highest BCUT2D eigenvalue weighted by atomic mass is 16.5. The van der Waals surface area contributed by atoms with E-state index in [9.17, 15) is 10.1 Å². The fourth-order valence-electron chi connectivity index (χ4n) is 2.08. The van der Waals surface area contributed by atoms with Gasteiger partial charge in [0.15, 0.2) is 0 Å². The first-order valence-electron chi connectivity index (χ1n) is 6.32. The maximum Gasteiger partial charge on any atom is 0.335 e. The summed E-state index contributed by atoms with van der Waals surface area (Å²) in [6, 6.07) is 8.45. The number of pyridine rings is 1. The highest BCUT2D eigenvalue weighted by molar-refractivity contribution is 5.89. The Morgan fingerprint density at radius 2 is 2.00 bits per heavy atom. The molecule has 106 valence electrons. The van der Waals surface area contributed by atoms with Gasteiger partial charge in [-0.3, -0.25) is 4.98 Å². The number of hydrogen-bond donors (Lipinski definition) is 1. The minimum Gasteiger partial charge on any atom is -0.478 e. The monoisotopic (exact) mass is 282 g/mol. The summed E-state index contributed by atoms with van der Waals surface area (Å²) < 4.78 is 5.72. The number of nitriles is 1. The summed E-state index contributed by atoms with van der Waals surface area (Å²) in [7, 11) is 0. The minimum atomic E-state index is -0.979. The number of nitrogens with zero attached hydrogens (tertiary/aromatic N) is 2. The Balaban J connectivity index is 2.42. The second-order valence-electron chi connectivity index (χ2n) is 4.72. The average Bonchev–Trinajstić information content (AvgIpc) is 2.37. The Kier molecular flexibility index (Phi) is 3.90. The molecule has 0 aliphatic heterocycles. The molecule has 1 aromatic heterocycles. The summed E-state index contributed by atoms with van der Waals surface area (Å²) in [4.78, 5) is 15.2. The number of aromatic carboxylic acids is 1. The van der Waals surface area contributed by atoms with E-state index in [1.54, 1.807) is 32.0 Å². The molecule has 1 aromatic carbocycles. The third-order valence-electron chi connectivity index (χ3n) is 3.06. The maximum atomic E-state index is 11.0. The molecule has 0 amide bonds. The molecule has 0 fully saturated rings. The van der Waals surface area contributed by atoms with Crippen LogP contribution in [0.2, 0.25) is 0 Å². The van der Waals surface area contributed by atoms with E-state index in [1.807, 2.05) is 6.92 Å². The van der Waals surface area contributed by atoms with Gasteiger partial charge < -0.3 is 9.84 Å². The van der Waals surface area contributed by atoms with Crippen LogP contribution in [0.25, 0.3) is 0 Å². The molecule has 1 N–H and O–H groups in total. The molecule has 0 unspecified atom stereocenters. The van der Waals surface area contributed by atoms with Gasteiger partial charge in [0.05, 0.1) is 11.3 Å². The van der Waals surface area contributed by atoms with Gasteiger partial charge in [0.1, 0.15) is 23.1 Å². The Bertz CT molecular complexity index is 761. The highest BCUT2D eigenvalue weighted by Crippen LogP contribution is 2.28. The Hall–Kier alpha value is -2.87. The largest absolute Gasteiger partial charge is 0.478 e. The number of carbonyl (C=O) groups is 1. The number of aromatic nitrogens is 1. The van der Waals surface area contributed by atoms with Crippen LogP contribution >= 0.6 is 0 Å². The van der Waals surface area contributed by atoms with Crippen LogP contribution in [0.3, 0.4) is 0 Å². The molecule has 5 heteroatoms. The quantitative estimate of drug-likeness (QED) is 0.933. The second-order valence-corrected chi connectivity index (χ2v) is 4.72. The average molecular weight is 282 g/mol. The zero-order valence-electron chi connectivity index (χ0n) is 12.0. The van der Waals surface area contributed by atoms with Crippen molar-refractivity contribution in [2.45, 2.75) is 20.8 Å². The van der Waals surface area contributed by atoms with Crippen molar-refractivity contribution in [3.8, 4) is 17.6 Å². The first-order valence-corrected chi connectivity index (χ1v) is 6.32. The Morgan fingerprint density at radius 1 is 1.29 bits per heavy atom. The third kappa shape index (κ3) is 3.00. The molecule has 0 saturated heterocycles. The number of rotatable bonds is 3. The molecule has 2 aromatic rings. The van der Waals surface area contributed by atoms with E-state index >= 15 is 0 Å². The molecular formula is C16H14N2O3. The molecule has 2 rings (SSSR count). The van der Waals surface area contributed by atoms with E-state index in [4.69, 9.17) is 9.84 Å². The first kappa shape index (κ1) is 14.5. The van der Waals surface area contributed by atoms with Crippen LogP contribution in [0.1, 0.15) is 32.9 Å². The fourth-order valence-corrected chi connectivity index (χ4v) is 2.08. The summed E-state index contributed by atoms with van der Waals surface area (Å²) >= 11 is 0. The molecule has 0 spiro atoms. The number of carboxylic acids is 1. The SMILES string of the molecule is Cc1cc(Oc2ccc(C(=O)O)c(C)c2)c(C#N)c(C)n1. The summed E-state index contributed by atoms with van der Waals surface area (Å²) in [6.45, 7) is 5.27. The normalized spacial score (nSPS) is 10.0. The molecule has 5 nitrogen and oxygen atoms in total. The molecule has 0 radical (unpaired) electrons. The molecule has 0 saturated carbocycles. The van der Waals surface area contributed by atoms with Crippen molar-refractivity contribution in [1.82, 2.24) is 4.98 Å². The zero-order valence-corrected chi connectivity index (χ0v) is 12.0. The van der Waals surface area contributed by atoms with Crippen molar-refractivity contribution in [2.24, 2.45) is 0 Å². The van der Waals surface area contributed by atoms with Gasteiger partial charge in [0.25, 0.3) is 0 Å². The zero-order chi connectivity index (χ0) is 15.6. The highest BCUT2D eigenvalue weighted by Gasteiger charge is 2.12. The van der Waals surface area contributed by atoms with Crippen molar-refractivity contribution in [2.75, 3.05) is 0 Å². The lowest BCUT2D eigenvalue weighted by Gasteiger charge is -2.11. The van der Waals surface area contributed by atoms with Crippen LogP contribution in [-0.4, -0.2) is 16.1 Å². The predicted molar refractivity (Wildman–Crippen MR) is 76.6 cm³/mol. The maximum absolute atomic E-state index is 11.0. The van der Waals surface area contributed by atoms with Gasteiger partial charge in [-0.25, -0.2) is 4.79 Å². The van der Waals surface area contributed by atoms with E-state index in [0.29, 0.717) is 28.3 Å². The first-order chi connectivity index (χ1) is 9.92. The molecule has 0 aliphatic carbocycles. The van der Waals surface area contributed by atoms with E-state index < -0.39 is 5.97 Å². The van der Waals surface area contributed by atoms with Crippen LogP contribution in [0, 0.1) is 32.1 Å². The van der Waals surface area contributed by atoms with E-state index in [0.717, 1.165) is 5.69 Å². The summed E-state index contributed by atoms with van der Waals surface area (Å²) in [6.07, 6.45) is 0. The number of hydrogen-bond acceptors (Lipinski definition) is 4. The number of benzene rings is 1. The van der Waals surface area contributed by atoms with Crippen LogP contribution in [0.5, 0.6) is 11.5 Å². The Labute approximate surface area is 122 Å². The van der Waals surface area contributed by atoms with Gasteiger partial charge in [-0.05, 0) is 44.5 Å². The van der Waals surface area contributed by atoms with Crippen LogP contribution in [0.4, 0.5) is 0 Å². The van der Waals surface area contributed by atoms with E-state index in [1.165, 1.54) is 6.07 Å². The third-order valence-corrected chi connectivity index (χ3v) is 3.06. The van der Waals surface area contributed by atoms with Crippen LogP contribution < -0.4 is 4.74 Å². The molecule has 1 heterocycles. The van der Waals surface area contributed by atoms with Gasteiger partial charge in [-0.15, -0.1) is 0 Å². The van der Waals surface area contributed by atoms with Crippen LogP contribution in [-0.2, 0) is 0 Å². The smallest absolute Gasteiger partial charge is 0.335 e. The van der Waals surface area contributed by atoms with Gasteiger partial charge >= 0.3 is 5.97 Å². The van der Waals surface area contributed by atoms with Gasteiger partial charge in [-0.2, -0.15) is 5.26 Å². The second kappa shape index (κ2) is 5.63. The van der Waals surface area contributed by atoms with Crippen molar-refractivity contribution in [3.63, 3.8) is 0 Å². The Morgan fingerprint density at radius 3 is 2.57 bits per heavy atom. The molecular weight excluding hydrogens is 268 g/mol. The van der Waals surface area contributed by atoms with Crippen LogP contribution in [0.15, 0.2) is 24.3 Å².